The number of nitrogens with zero attached hydrogens (tertiary/aromatic N) is 1. The van der Waals surface area contributed by atoms with Gasteiger partial charge in [-0.2, -0.15) is 0 Å². The van der Waals surface area contributed by atoms with Crippen molar-refractivity contribution in [1.82, 2.24) is 4.90 Å². The zero-order valence-electron chi connectivity index (χ0n) is 23.6. The summed E-state index contributed by atoms with van der Waals surface area (Å²) in [4.78, 5) is 39.9. The van der Waals surface area contributed by atoms with Crippen LogP contribution in [0.15, 0.2) is 48.5 Å². The number of rotatable bonds is 5. The Kier molecular flexibility index (Phi) is 8.20. The Morgan fingerprint density at radius 3 is 2.05 bits per heavy atom. The molecule has 0 aromatic heterocycles. The first-order valence-electron chi connectivity index (χ1n) is 13.1. The van der Waals surface area contributed by atoms with Crippen molar-refractivity contribution in [2.75, 3.05) is 36.1 Å². The third-order valence-electron chi connectivity index (χ3n) is 6.76. The largest absolute Gasteiger partial charge is 0.492 e. The van der Waals surface area contributed by atoms with E-state index in [-0.39, 0.29) is 35.0 Å². The first kappa shape index (κ1) is 28.7. The van der Waals surface area contributed by atoms with Gasteiger partial charge in [-0.3, -0.25) is 10.1 Å². The fourth-order valence-corrected chi connectivity index (χ4v) is 4.97. The van der Waals surface area contributed by atoms with Crippen molar-refractivity contribution in [3.8, 4) is 5.75 Å². The number of carboxylic acid groups (broad SMARTS) is 1. The van der Waals surface area contributed by atoms with Gasteiger partial charge in [0.1, 0.15) is 0 Å². The highest BCUT2D eigenvalue weighted by Crippen LogP contribution is 2.39. The summed E-state index contributed by atoms with van der Waals surface area (Å²) in [5, 5.41) is 18.8. The van der Waals surface area contributed by atoms with Crippen molar-refractivity contribution in [2.45, 2.75) is 52.2 Å². The molecule has 4 rings (SSSR count). The molecule has 1 aliphatic rings. The minimum atomic E-state index is -1.25. The molecule has 0 bridgehead atoms. The molecule has 4 amide bonds. The first-order chi connectivity index (χ1) is 18.9. The van der Waals surface area contributed by atoms with Crippen LogP contribution in [0.5, 0.6) is 5.75 Å². The van der Waals surface area contributed by atoms with E-state index in [1.54, 1.807) is 29.2 Å². The maximum absolute atomic E-state index is 13.5. The molecule has 0 aliphatic carbocycles. The van der Waals surface area contributed by atoms with E-state index in [4.69, 9.17) is 9.47 Å². The number of carbonyl (C=O) groups is 3. The molecule has 10 heteroatoms. The molecular weight excluding hydrogens is 512 g/mol. The number of amides is 4. The zero-order valence-corrected chi connectivity index (χ0v) is 23.6. The van der Waals surface area contributed by atoms with Gasteiger partial charge in [0.05, 0.1) is 36.4 Å². The van der Waals surface area contributed by atoms with Crippen molar-refractivity contribution in [3.63, 3.8) is 0 Å². The Bertz CT molecular complexity index is 1440. The highest BCUT2D eigenvalue weighted by Gasteiger charge is 2.28. The summed E-state index contributed by atoms with van der Waals surface area (Å²) in [6, 6.07) is 13.7. The molecule has 10 nitrogen and oxygen atoms in total. The van der Waals surface area contributed by atoms with Crippen LogP contribution >= 0.6 is 0 Å². The number of hydrogen-bond acceptors (Lipinski definition) is 5. The Balaban J connectivity index is 1.64. The van der Waals surface area contributed by atoms with Crippen LogP contribution in [-0.2, 0) is 10.2 Å². The maximum atomic E-state index is 13.5. The number of nitrogens with one attached hydrogen (secondary N) is 3. The fraction of sp³-hybridized carbons (Fsp3) is 0.367. The molecule has 1 heterocycles. The molecular formula is C30H36N4O6. The van der Waals surface area contributed by atoms with Crippen LogP contribution in [0.2, 0.25) is 0 Å². The van der Waals surface area contributed by atoms with E-state index in [2.05, 4.69) is 16.0 Å². The molecule has 4 N–H and O–H groups in total. The molecule has 1 saturated heterocycles. The number of benzene rings is 3. The number of hydrogen-bond donors (Lipinski definition) is 4. The number of methoxy groups -OCH3 is 1. The van der Waals surface area contributed by atoms with Gasteiger partial charge >= 0.3 is 12.1 Å². The van der Waals surface area contributed by atoms with Crippen molar-refractivity contribution in [3.05, 3.63) is 59.7 Å². The molecule has 212 valence electrons. The topological polar surface area (TPSA) is 129 Å². The second-order valence-corrected chi connectivity index (χ2v) is 11.0. The van der Waals surface area contributed by atoms with Gasteiger partial charge in [-0.25, -0.2) is 9.59 Å². The van der Waals surface area contributed by atoms with Gasteiger partial charge in [0.2, 0.25) is 0 Å². The predicted molar refractivity (Wildman–Crippen MR) is 156 cm³/mol. The molecule has 1 aliphatic heterocycles. The van der Waals surface area contributed by atoms with Crippen molar-refractivity contribution < 1.29 is 29.0 Å². The monoisotopic (exact) mass is 548 g/mol. The molecule has 40 heavy (non-hydrogen) atoms. The van der Waals surface area contributed by atoms with Gasteiger partial charge in [-0.15, -0.1) is 0 Å². The van der Waals surface area contributed by atoms with Crippen molar-refractivity contribution in [1.29, 1.82) is 0 Å². The van der Waals surface area contributed by atoms with Crippen LogP contribution in [-0.4, -0.2) is 60.4 Å². The van der Waals surface area contributed by atoms with Crippen LogP contribution < -0.4 is 20.7 Å². The van der Waals surface area contributed by atoms with E-state index in [0.29, 0.717) is 35.4 Å². The van der Waals surface area contributed by atoms with Crippen LogP contribution in [0.1, 0.15) is 50.5 Å². The summed E-state index contributed by atoms with van der Waals surface area (Å²) in [6.07, 6.45) is -1.35. The predicted octanol–water partition coefficient (Wildman–Crippen LogP) is 6.13. The minimum absolute atomic E-state index is 0.0522. The Morgan fingerprint density at radius 2 is 1.48 bits per heavy atom. The standard InChI is InChI=1S/C30H36N4O6/c1-17-15-34(16-18(2)40-17)27(35)22-11-12-23(21-10-8-7-9-20(21)22)31-28(36)32-24-13-19(30(3,4)5)14-25(26(24)39-6)33-29(37)38/h7-14,17-18,33H,15-16H2,1-6H3,(H,37,38)(H2,31,32,36)/t17-,18+. The van der Waals surface area contributed by atoms with Gasteiger partial charge in [-0.1, -0.05) is 45.0 Å². The number of anilines is 3. The smallest absolute Gasteiger partial charge is 0.409 e. The lowest BCUT2D eigenvalue weighted by atomic mass is 9.86. The number of ether oxygens (including phenoxy) is 2. The normalized spacial score (nSPS) is 17.3. The van der Waals surface area contributed by atoms with E-state index in [9.17, 15) is 19.5 Å². The average molecular weight is 549 g/mol. The van der Waals surface area contributed by atoms with Crippen LogP contribution in [0, 0.1) is 0 Å². The Labute approximate surface area is 233 Å². The quantitative estimate of drug-likeness (QED) is 0.304. The highest BCUT2D eigenvalue weighted by atomic mass is 16.5. The second kappa shape index (κ2) is 11.4. The summed E-state index contributed by atoms with van der Waals surface area (Å²) in [5.74, 6) is 0.0988. The number of urea groups is 1. The molecule has 2 atom stereocenters. The van der Waals surface area contributed by atoms with Crippen LogP contribution in [0.3, 0.4) is 0 Å². The molecule has 0 unspecified atom stereocenters. The van der Waals surface area contributed by atoms with E-state index in [1.807, 2.05) is 58.9 Å². The van der Waals surface area contributed by atoms with E-state index in [1.165, 1.54) is 7.11 Å². The fourth-order valence-electron chi connectivity index (χ4n) is 4.97. The van der Waals surface area contributed by atoms with Crippen LogP contribution in [0.4, 0.5) is 26.7 Å². The van der Waals surface area contributed by atoms with Crippen molar-refractivity contribution in [2.24, 2.45) is 0 Å². The lowest BCUT2D eigenvalue weighted by Gasteiger charge is -2.35. The van der Waals surface area contributed by atoms with Gasteiger partial charge in [0.15, 0.2) is 5.75 Å². The van der Waals surface area contributed by atoms with E-state index < -0.39 is 12.1 Å². The van der Waals surface area contributed by atoms with Crippen molar-refractivity contribution >= 4 is 45.9 Å². The zero-order chi connectivity index (χ0) is 29.2. The number of morpholine rings is 1. The highest BCUT2D eigenvalue weighted by molar-refractivity contribution is 6.13. The van der Waals surface area contributed by atoms with Gasteiger partial charge < -0.3 is 30.1 Å². The average Bonchev–Trinajstić information content (AvgIpc) is 2.87. The Hall–Kier alpha value is -4.31. The molecule has 0 spiro atoms. The lowest BCUT2D eigenvalue weighted by molar-refractivity contribution is -0.0585. The summed E-state index contributed by atoms with van der Waals surface area (Å²) in [7, 11) is 1.40. The van der Waals surface area contributed by atoms with Gasteiger partial charge in [-0.05, 0) is 54.5 Å². The van der Waals surface area contributed by atoms with E-state index >= 15 is 0 Å². The SMILES string of the molecule is COc1c(NC(=O)O)cc(C(C)(C)C)cc1NC(=O)Nc1ccc(C(=O)N2C[C@@H](C)O[C@@H](C)C2)c2ccccc12. The number of fused-ring (bicyclic) bond motifs is 1. The molecule has 1 fully saturated rings. The molecule has 0 radical (unpaired) electrons. The third kappa shape index (κ3) is 6.28. The molecule has 3 aromatic carbocycles. The van der Waals surface area contributed by atoms with Gasteiger partial charge in [0.25, 0.3) is 5.91 Å². The second-order valence-electron chi connectivity index (χ2n) is 11.0. The Morgan fingerprint density at radius 1 is 0.900 bits per heavy atom. The summed E-state index contributed by atoms with van der Waals surface area (Å²) in [6.45, 7) is 10.9. The summed E-state index contributed by atoms with van der Waals surface area (Å²) < 4.78 is 11.2. The first-order valence-corrected chi connectivity index (χ1v) is 13.1. The van der Waals surface area contributed by atoms with Crippen LogP contribution in [0.25, 0.3) is 10.8 Å². The molecule has 3 aromatic rings. The summed E-state index contributed by atoms with van der Waals surface area (Å²) >= 11 is 0. The van der Waals surface area contributed by atoms with Gasteiger partial charge in [0, 0.05) is 24.0 Å². The maximum Gasteiger partial charge on any atom is 0.409 e. The third-order valence-corrected chi connectivity index (χ3v) is 6.76. The van der Waals surface area contributed by atoms with E-state index in [0.717, 1.165) is 10.9 Å². The number of carbonyl (C=O) groups excluding carboxylic acids is 2. The lowest BCUT2D eigenvalue weighted by Crippen LogP contribution is -2.48. The minimum Gasteiger partial charge on any atom is -0.492 e. The molecule has 0 saturated carbocycles. The summed E-state index contributed by atoms with van der Waals surface area (Å²) in [5.41, 5.74) is 2.06.